The van der Waals surface area contributed by atoms with Gasteiger partial charge in [0.25, 0.3) is 0 Å². The van der Waals surface area contributed by atoms with E-state index in [1.165, 1.54) is 16.3 Å². The molecule has 0 aromatic rings. The number of carbonyl (C=O) groups is 3. The van der Waals surface area contributed by atoms with Gasteiger partial charge in [-0.15, -0.1) is 18.2 Å². The van der Waals surface area contributed by atoms with Gasteiger partial charge in [0, 0.05) is 18.2 Å². The van der Waals surface area contributed by atoms with E-state index in [0.717, 1.165) is 18.2 Å². The Labute approximate surface area is 120 Å². The van der Waals surface area contributed by atoms with Gasteiger partial charge in [-0.2, -0.15) is 0 Å². The molecular formula is C10H18AlClO6. The second-order valence-corrected chi connectivity index (χ2v) is 1.63. The molecule has 0 heterocycles. The molecule has 3 N–H and O–H groups in total. The Morgan fingerprint density at radius 1 is 0.778 bits per heavy atom. The highest BCUT2D eigenvalue weighted by atomic mass is 35.5. The fourth-order valence-electron chi connectivity index (χ4n) is 0. The zero-order valence-electron chi connectivity index (χ0n) is 10.3. The number of aliphatic carboxylic acids is 3. The maximum absolute atomic E-state index is 9.25. The SMILES string of the molecule is C=CC(=O)O.C=CC(=O)O.C=CC(=O)O.Cl.[CH3][AlH2]. The van der Waals surface area contributed by atoms with Gasteiger partial charge in [-0.1, -0.05) is 19.7 Å². The average Bonchev–Trinajstić information content (AvgIpc) is 2.32. The van der Waals surface area contributed by atoms with Crippen LogP contribution in [0.3, 0.4) is 0 Å². The zero-order valence-corrected chi connectivity index (χ0v) is 13.1. The average molecular weight is 297 g/mol. The summed E-state index contributed by atoms with van der Waals surface area (Å²) in [5.41, 5.74) is 0. The smallest absolute Gasteiger partial charge is 0.327 e. The molecule has 0 fully saturated rings. The summed E-state index contributed by atoms with van der Waals surface area (Å²) >= 11 is 1.31. The lowest BCUT2D eigenvalue weighted by Crippen LogP contribution is -1.82. The van der Waals surface area contributed by atoms with Crippen LogP contribution in [-0.4, -0.2) is 49.5 Å². The molecule has 0 aromatic carbocycles. The molecule has 0 atom stereocenters. The molecule has 0 aliphatic rings. The van der Waals surface area contributed by atoms with Crippen LogP contribution < -0.4 is 0 Å². The summed E-state index contributed by atoms with van der Waals surface area (Å²) in [7, 11) is 0. The van der Waals surface area contributed by atoms with E-state index in [0.29, 0.717) is 0 Å². The van der Waals surface area contributed by atoms with E-state index in [1.807, 2.05) is 0 Å². The van der Waals surface area contributed by atoms with Crippen LogP contribution in [0.15, 0.2) is 38.0 Å². The van der Waals surface area contributed by atoms with Crippen molar-refractivity contribution in [1.82, 2.24) is 0 Å². The fourth-order valence-corrected chi connectivity index (χ4v) is 0. The Morgan fingerprint density at radius 2 is 0.833 bits per heavy atom. The van der Waals surface area contributed by atoms with Gasteiger partial charge in [-0.3, -0.25) is 0 Å². The summed E-state index contributed by atoms with van der Waals surface area (Å²) in [4.78, 5) is 27.8. The Hall–Kier alpha value is -1.55. The molecule has 0 aliphatic heterocycles. The standard InChI is InChI=1S/3C3H4O2.CH3.Al.ClH.2H/c3*1-2-3(4)5;;;;;/h3*2H,1H2,(H,4,5);1H3;;1H;;. The van der Waals surface area contributed by atoms with Gasteiger partial charge >= 0.3 is 17.9 Å². The second-order valence-electron chi connectivity index (χ2n) is 1.63. The Bertz CT molecular complexity index is 222. The van der Waals surface area contributed by atoms with Gasteiger partial charge in [-0.05, 0) is 0 Å². The van der Waals surface area contributed by atoms with Gasteiger partial charge in [-0.25, -0.2) is 14.4 Å². The van der Waals surface area contributed by atoms with Crippen LogP contribution >= 0.6 is 12.4 Å². The quantitative estimate of drug-likeness (QED) is 0.526. The summed E-state index contributed by atoms with van der Waals surface area (Å²) < 4.78 is 0. The van der Waals surface area contributed by atoms with Crippen molar-refractivity contribution >= 4 is 46.6 Å². The molecule has 0 saturated carbocycles. The van der Waals surface area contributed by atoms with E-state index in [1.54, 1.807) is 0 Å². The number of hydrogen-bond acceptors (Lipinski definition) is 3. The molecule has 0 radical (unpaired) electrons. The van der Waals surface area contributed by atoms with E-state index < -0.39 is 17.9 Å². The third-order valence-corrected chi connectivity index (χ3v) is 0.524. The number of carboxylic acid groups (broad SMARTS) is 3. The minimum absolute atomic E-state index is 0. The summed E-state index contributed by atoms with van der Waals surface area (Å²) in [6.07, 6.45) is 2.50. The molecule has 0 bridgehead atoms. The van der Waals surface area contributed by atoms with Crippen molar-refractivity contribution in [2.24, 2.45) is 0 Å². The number of halogens is 1. The van der Waals surface area contributed by atoms with Crippen LogP contribution in [-0.2, 0) is 14.4 Å². The molecule has 0 saturated heterocycles. The molecule has 0 spiro atoms. The number of hydrogen-bond donors (Lipinski definition) is 3. The van der Waals surface area contributed by atoms with E-state index in [2.05, 4.69) is 25.5 Å². The lowest BCUT2D eigenvalue weighted by atomic mass is 10.7. The van der Waals surface area contributed by atoms with Gasteiger partial charge in [0.2, 0.25) is 16.3 Å². The normalized spacial score (nSPS) is 5.61. The van der Waals surface area contributed by atoms with E-state index >= 15 is 0 Å². The largest absolute Gasteiger partial charge is 0.478 e. The minimum atomic E-state index is -0.981. The van der Waals surface area contributed by atoms with Crippen molar-refractivity contribution in [3.63, 3.8) is 0 Å². The Balaban J connectivity index is -0.0000000427. The monoisotopic (exact) mass is 296 g/mol. The molecule has 0 unspecified atom stereocenters. The Kier molecular flexibility index (Phi) is 49.2. The van der Waals surface area contributed by atoms with E-state index in [4.69, 9.17) is 15.3 Å². The van der Waals surface area contributed by atoms with Crippen LogP contribution in [0.5, 0.6) is 0 Å². The molecular weight excluding hydrogens is 279 g/mol. The highest BCUT2D eigenvalue weighted by Crippen LogP contribution is 1.55. The van der Waals surface area contributed by atoms with Gasteiger partial charge in [0.15, 0.2) is 0 Å². The summed E-state index contributed by atoms with van der Waals surface area (Å²) in [6.45, 7) is 8.88. The fraction of sp³-hybridized carbons (Fsp3) is 0.100. The molecule has 0 amide bonds. The molecule has 0 rings (SSSR count). The van der Waals surface area contributed by atoms with Crippen LogP contribution in [0, 0.1) is 0 Å². The molecule has 0 aliphatic carbocycles. The molecule has 0 aromatic heterocycles. The minimum Gasteiger partial charge on any atom is -0.478 e. The summed E-state index contributed by atoms with van der Waals surface area (Å²) in [5.74, 6) is -0.806. The predicted molar refractivity (Wildman–Crippen MR) is 75.2 cm³/mol. The predicted octanol–water partition coefficient (Wildman–Crippen LogP) is 0.860. The lowest BCUT2D eigenvalue weighted by Gasteiger charge is -1.64. The molecule has 104 valence electrons. The van der Waals surface area contributed by atoms with E-state index in [9.17, 15) is 14.4 Å². The van der Waals surface area contributed by atoms with Gasteiger partial charge in [0.05, 0.1) is 0 Å². The first-order chi connectivity index (χ1) is 7.81. The van der Waals surface area contributed by atoms with Crippen molar-refractivity contribution in [2.45, 2.75) is 5.79 Å². The second kappa shape index (κ2) is 29.5. The first-order valence-corrected chi connectivity index (χ1v) is 6.37. The van der Waals surface area contributed by atoms with Crippen LogP contribution in [0.1, 0.15) is 0 Å². The maximum Gasteiger partial charge on any atom is 0.327 e. The van der Waals surface area contributed by atoms with Crippen molar-refractivity contribution in [3.8, 4) is 0 Å². The molecule has 8 heteroatoms. The molecule has 18 heavy (non-hydrogen) atoms. The van der Waals surface area contributed by atoms with Crippen LogP contribution in [0.25, 0.3) is 0 Å². The third kappa shape index (κ3) is 132. The topological polar surface area (TPSA) is 112 Å². The Morgan fingerprint density at radius 3 is 0.833 bits per heavy atom. The molecule has 6 nitrogen and oxygen atoms in total. The zero-order chi connectivity index (χ0) is 14.9. The maximum atomic E-state index is 9.25. The lowest BCUT2D eigenvalue weighted by molar-refractivity contribution is -0.132. The van der Waals surface area contributed by atoms with Gasteiger partial charge < -0.3 is 15.3 Å². The summed E-state index contributed by atoms with van der Waals surface area (Å²) in [6, 6.07) is 0. The van der Waals surface area contributed by atoms with Crippen molar-refractivity contribution < 1.29 is 29.7 Å². The van der Waals surface area contributed by atoms with Crippen molar-refractivity contribution in [2.75, 3.05) is 0 Å². The summed E-state index contributed by atoms with van der Waals surface area (Å²) in [5, 5.41) is 22.8. The van der Waals surface area contributed by atoms with Crippen molar-refractivity contribution in [1.29, 1.82) is 0 Å². The number of rotatable bonds is 3. The van der Waals surface area contributed by atoms with Gasteiger partial charge in [0.1, 0.15) is 0 Å². The van der Waals surface area contributed by atoms with E-state index in [-0.39, 0.29) is 12.4 Å². The third-order valence-electron chi connectivity index (χ3n) is 0.524. The van der Waals surface area contributed by atoms with Crippen LogP contribution in [0.2, 0.25) is 5.79 Å². The highest BCUT2D eigenvalue weighted by Gasteiger charge is 1.74. The first kappa shape index (κ1) is 30.0. The van der Waals surface area contributed by atoms with Crippen LogP contribution in [0.4, 0.5) is 0 Å². The number of carboxylic acids is 3. The highest BCUT2D eigenvalue weighted by molar-refractivity contribution is 6.05. The van der Waals surface area contributed by atoms with Crippen molar-refractivity contribution in [3.05, 3.63) is 38.0 Å². The first-order valence-electron chi connectivity index (χ1n) is 4.37.